The summed E-state index contributed by atoms with van der Waals surface area (Å²) in [6, 6.07) is 16.7. The van der Waals surface area contributed by atoms with Gasteiger partial charge in [0.1, 0.15) is 5.82 Å². The summed E-state index contributed by atoms with van der Waals surface area (Å²) < 4.78 is 0. The summed E-state index contributed by atoms with van der Waals surface area (Å²) in [6.07, 6.45) is 1.54. The van der Waals surface area contributed by atoms with Crippen LogP contribution < -0.4 is 10.6 Å². The molecule has 3 rings (SSSR count). The van der Waals surface area contributed by atoms with E-state index in [1.807, 2.05) is 45.0 Å². The number of carbonyl (C=O) groups is 1. The third kappa shape index (κ3) is 4.31. The minimum atomic E-state index is -0.192. The number of nitriles is 1. The van der Waals surface area contributed by atoms with E-state index < -0.39 is 0 Å². The van der Waals surface area contributed by atoms with Crippen LogP contribution in [0.2, 0.25) is 0 Å². The lowest BCUT2D eigenvalue weighted by Crippen LogP contribution is -2.14. The fourth-order valence-electron chi connectivity index (χ4n) is 2.94. The van der Waals surface area contributed by atoms with Crippen molar-refractivity contribution in [3.8, 4) is 6.07 Å². The fraction of sp³-hybridized carbons (Fsp3) is 0.136. The van der Waals surface area contributed by atoms with Crippen LogP contribution in [-0.2, 0) is 0 Å². The standard InChI is InChI=1S/C22H20N4O/c1-14-10-15(2)21(16(3)11-14)26-22(27)18-6-9-20(24-13-18)25-19-7-4-17(12-23)5-8-19/h4-11,13H,1-3H3,(H,24,25)(H,26,27). The molecule has 0 spiro atoms. The molecule has 134 valence electrons. The summed E-state index contributed by atoms with van der Waals surface area (Å²) in [4.78, 5) is 16.8. The van der Waals surface area contributed by atoms with E-state index in [0.717, 1.165) is 22.5 Å². The number of amides is 1. The molecule has 0 saturated heterocycles. The number of benzene rings is 2. The van der Waals surface area contributed by atoms with Gasteiger partial charge in [-0.05, 0) is 68.3 Å². The highest BCUT2D eigenvalue weighted by Gasteiger charge is 2.11. The molecule has 2 aromatic carbocycles. The molecule has 0 saturated carbocycles. The number of hydrogen-bond acceptors (Lipinski definition) is 4. The van der Waals surface area contributed by atoms with E-state index in [9.17, 15) is 4.79 Å². The number of aryl methyl sites for hydroxylation is 3. The third-order valence-electron chi connectivity index (χ3n) is 4.23. The lowest BCUT2D eigenvalue weighted by molar-refractivity contribution is 0.102. The van der Waals surface area contributed by atoms with Gasteiger partial charge in [0.05, 0.1) is 17.2 Å². The Morgan fingerprint density at radius 2 is 1.67 bits per heavy atom. The van der Waals surface area contributed by atoms with E-state index in [2.05, 4.69) is 21.7 Å². The highest BCUT2D eigenvalue weighted by Crippen LogP contribution is 2.23. The number of hydrogen-bond donors (Lipinski definition) is 2. The Morgan fingerprint density at radius 3 is 2.22 bits per heavy atom. The van der Waals surface area contributed by atoms with Gasteiger partial charge in [0.25, 0.3) is 5.91 Å². The summed E-state index contributed by atoms with van der Waals surface area (Å²) in [7, 11) is 0. The molecule has 1 aromatic heterocycles. The van der Waals surface area contributed by atoms with Crippen LogP contribution >= 0.6 is 0 Å². The van der Waals surface area contributed by atoms with Gasteiger partial charge in [-0.1, -0.05) is 17.7 Å². The van der Waals surface area contributed by atoms with Crippen LogP contribution in [0.15, 0.2) is 54.7 Å². The maximum absolute atomic E-state index is 12.5. The van der Waals surface area contributed by atoms with Gasteiger partial charge in [-0.25, -0.2) is 4.98 Å². The molecule has 0 aliphatic carbocycles. The molecule has 0 unspecified atom stereocenters. The van der Waals surface area contributed by atoms with Gasteiger partial charge in [0.15, 0.2) is 0 Å². The first-order valence-corrected chi connectivity index (χ1v) is 8.58. The molecule has 0 fully saturated rings. The van der Waals surface area contributed by atoms with Gasteiger partial charge < -0.3 is 10.6 Å². The van der Waals surface area contributed by atoms with Crippen molar-refractivity contribution >= 4 is 23.1 Å². The zero-order chi connectivity index (χ0) is 19.4. The van der Waals surface area contributed by atoms with E-state index >= 15 is 0 Å². The quantitative estimate of drug-likeness (QED) is 0.699. The van der Waals surface area contributed by atoms with Crippen molar-refractivity contribution in [3.05, 3.63) is 82.5 Å². The maximum Gasteiger partial charge on any atom is 0.257 e. The lowest BCUT2D eigenvalue weighted by atomic mass is 10.0. The molecule has 1 heterocycles. The Balaban J connectivity index is 1.71. The summed E-state index contributed by atoms with van der Waals surface area (Å²) in [5, 5.41) is 15.0. The average molecular weight is 356 g/mol. The van der Waals surface area contributed by atoms with Crippen molar-refractivity contribution in [2.24, 2.45) is 0 Å². The van der Waals surface area contributed by atoms with Gasteiger partial charge in [-0.15, -0.1) is 0 Å². The number of pyridine rings is 1. The van der Waals surface area contributed by atoms with Crippen molar-refractivity contribution in [2.45, 2.75) is 20.8 Å². The van der Waals surface area contributed by atoms with Crippen molar-refractivity contribution in [1.82, 2.24) is 4.98 Å². The Kier molecular flexibility index (Phi) is 5.18. The van der Waals surface area contributed by atoms with E-state index in [1.165, 1.54) is 5.56 Å². The molecule has 0 aliphatic rings. The first-order chi connectivity index (χ1) is 13.0. The number of aromatic nitrogens is 1. The first-order valence-electron chi connectivity index (χ1n) is 8.58. The number of rotatable bonds is 4. The number of nitrogens with zero attached hydrogens (tertiary/aromatic N) is 2. The summed E-state index contributed by atoms with van der Waals surface area (Å²) in [5.41, 5.74) is 5.99. The molecule has 3 aromatic rings. The van der Waals surface area contributed by atoms with Crippen LogP contribution in [-0.4, -0.2) is 10.9 Å². The Bertz CT molecular complexity index is 993. The minimum Gasteiger partial charge on any atom is -0.340 e. The van der Waals surface area contributed by atoms with Crippen molar-refractivity contribution in [2.75, 3.05) is 10.6 Å². The number of carbonyl (C=O) groups excluding carboxylic acids is 1. The number of anilines is 3. The molecule has 27 heavy (non-hydrogen) atoms. The highest BCUT2D eigenvalue weighted by atomic mass is 16.1. The van der Waals surface area contributed by atoms with Crippen LogP contribution in [0, 0.1) is 32.1 Å². The van der Waals surface area contributed by atoms with Crippen molar-refractivity contribution < 1.29 is 4.79 Å². The molecule has 0 radical (unpaired) electrons. The van der Waals surface area contributed by atoms with E-state index in [1.54, 1.807) is 30.5 Å². The van der Waals surface area contributed by atoms with Gasteiger partial charge in [-0.2, -0.15) is 5.26 Å². The Labute approximate surface area is 158 Å². The van der Waals surface area contributed by atoms with Crippen LogP contribution in [0.3, 0.4) is 0 Å². The molecule has 0 bridgehead atoms. The van der Waals surface area contributed by atoms with E-state index in [-0.39, 0.29) is 5.91 Å². The van der Waals surface area contributed by atoms with Gasteiger partial charge in [-0.3, -0.25) is 4.79 Å². The topological polar surface area (TPSA) is 77.8 Å². The molecular weight excluding hydrogens is 336 g/mol. The van der Waals surface area contributed by atoms with Gasteiger partial charge in [0, 0.05) is 17.6 Å². The zero-order valence-electron chi connectivity index (χ0n) is 15.5. The maximum atomic E-state index is 12.5. The lowest BCUT2D eigenvalue weighted by Gasteiger charge is -2.13. The monoisotopic (exact) mass is 356 g/mol. The SMILES string of the molecule is Cc1cc(C)c(NC(=O)c2ccc(Nc3ccc(C#N)cc3)nc2)c(C)c1. The second kappa shape index (κ2) is 7.71. The summed E-state index contributed by atoms with van der Waals surface area (Å²) in [5.74, 6) is 0.432. The zero-order valence-corrected chi connectivity index (χ0v) is 15.5. The predicted octanol–water partition coefficient (Wildman–Crippen LogP) is 4.87. The molecule has 5 nitrogen and oxygen atoms in total. The van der Waals surface area contributed by atoms with Crippen LogP contribution in [0.4, 0.5) is 17.2 Å². The Hall–Kier alpha value is -3.65. The molecule has 2 N–H and O–H groups in total. The van der Waals surface area contributed by atoms with Crippen LogP contribution in [0.5, 0.6) is 0 Å². The smallest absolute Gasteiger partial charge is 0.257 e. The van der Waals surface area contributed by atoms with Crippen LogP contribution in [0.1, 0.15) is 32.6 Å². The second-order valence-electron chi connectivity index (χ2n) is 6.47. The largest absolute Gasteiger partial charge is 0.340 e. The molecule has 5 heteroatoms. The second-order valence-corrected chi connectivity index (χ2v) is 6.47. The third-order valence-corrected chi connectivity index (χ3v) is 4.23. The minimum absolute atomic E-state index is 0.192. The van der Waals surface area contributed by atoms with Gasteiger partial charge in [0.2, 0.25) is 0 Å². The van der Waals surface area contributed by atoms with Crippen molar-refractivity contribution in [3.63, 3.8) is 0 Å². The average Bonchev–Trinajstić information content (AvgIpc) is 2.65. The normalized spacial score (nSPS) is 10.1. The predicted molar refractivity (Wildman–Crippen MR) is 107 cm³/mol. The molecule has 0 atom stereocenters. The summed E-state index contributed by atoms with van der Waals surface area (Å²) in [6.45, 7) is 6.01. The molecular formula is C22H20N4O. The van der Waals surface area contributed by atoms with Crippen LogP contribution in [0.25, 0.3) is 0 Å². The molecule has 0 aliphatic heterocycles. The summed E-state index contributed by atoms with van der Waals surface area (Å²) >= 11 is 0. The van der Waals surface area contributed by atoms with Crippen molar-refractivity contribution in [1.29, 1.82) is 5.26 Å². The highest BCUT2D eigenvalue weighted by molar-refractivity contribution is 6.05. The first kappa shape index (κ1) is 18.2. The fourth-order valence-corrected chi connectivity index (χ4v) is 2.94. The van der Waals surface area contributed by atoms with Gasteiger partial charge >= 0.3 is 0 Å². The molecule has 1 amide bonds. The Morgan fingerprint density at radius 1 is 1.00 bits per heavy atom. The van der Waals surface area contributed by atoms with E-state index in [4.69, 9.17) is 5.26 Å². The number of nitrogens with one attached hydrogen (secondary N) is 2. The van der Waals surface area contributed by atoms with E-state index in [0.29, 0.717) is 16.9 Å².